The third-order valence-electron chi connectivity index (χ3n) is 2.06. The first kappa shape index (κ1) is 10.1. The van der Waals surface area contributed by atoms with Crippen LogP contribution in [-0.4, -0.2) is 16.1 Å². The molecule has 1 aromatic heterocycles. The molecule has 0 spiro atoms. The number of aldehydes is 1. The molecule has 0 aliphatic rings. The van der Waals surface area contributed by atoms with Gasteiger partial charge in [-0.05, 0) is 41.1 Å². The minimum Gasteiger partial charge on any atom is -0.296 e. The van der Waals surface area contributed by atoms with E-state index >= 15 is 0 Å². The lowest BCUT2D eigenvalue weighted by molar-refractivity contribution is 0.111. The summed E-state index contributed by atoms with van der Waals surface area (Å²) in [6.45, 7) is 1.86. The number of carbonyl (C=O) groups is 1. The fourth-order valence-electron chi connectivity index (χ4n) is 1.42. The lowest BCUT2D eigenvalue weighted by atomic mass is 10.3. The van der Waals surface area contributed by atoms with E-state index in [1.54, 1.807) is 10.7 Å². The van der Waals surface area contributed by atoms with Crippen LogP contribution in [0.5, 0.6) is 0 Å². The van der Waals surface area contributed by atoms with Crippen LogP contribution in [0.2, 0.25) is 0 Å². The van der Waals surface area contributed by atoms with Gasteiger partial charge in [-0.2, -0.15) is 5.10 Å². The molecule has 0 N–H and O–H groups in total. The molecule has 0 amide bonds. The number of para-hydroxylation sites is 1. The molecule has 0 unspecified atom stereocenters. The van der Waals surface area contributed by atoms with Crippen molar-refractivity contribution in [1.29, 1.82) is 0 Å². The number of rotatable bonds is 2. The molecule has 0 aliphatic heterocycles. The highest BCUT2D eigenvalue weighted by atomic mass is 79.9. The summed E-state index contributed by atoms with van der Waals surface area (Å²) < 4.78 is 2.54. The average molecular weight is 265 g/mol. The molecule has 2 aromatic rings. The molecule has 0 saturated carbocycles. The molecule has 0 atom stereocenters. The third-order valence-corrected chi connectivity index (χ3v) is 2.73. The molecule has 2 rings (SSSR count). The van der Waals surface area contributed by atoms with E-state index in [9.17, 15) is 4.79 Å². The van der Waals surface area contributed by atoms with Gasteiger partial charge in [-0.15, -0.1) is 0 Å². The van der Waals surface area contributed by atoms with E-state index in [4.69, 9.17) is 0 Å². The van der Waals surface area contributed by atoms with Crippen LogP contribution < -0.4 is 0 Å². The quantitative estimate of drug-likeness (QED) is 0.782. The molecule has 0 aliphatic carbocycles. The van der Waals surface area contributed by atoms with Crippen LogP contribution in [0.4, 0.5) is 0 Å². The van der Waals surface area contributed by atoms with E-state index in [0.29, 0.717) is 5.69 Å². The zero-order valence-electron chi connectivity index (χ0n) is 8.14. The summed E-state index contributed by atoms with van der Waals surface area (Å²) >= 11 is 3.43. The summed E-state index contributed by atoms with van der Waals surface area (Å²) in [7, 11) is 0. The highest BCUT2D eigenvalue weighted by Gasteiger charge is 2.08. The van der Waals surface area contributed by atoms with Gasteiger partial charge in [0.25, 0.3) is 0 Å². The predicted octanol–water partition coefficient (Wildman–Crippen LogP) is 2.76. The number of hydrogen-bond acceptors (Lipinski definition) is 2. The molecule has 4 heteroatoms. The number of halogens is 1. The Balaban J connectivity index is 2.63. The minimum absolute atomic E-state index is 0.555. The van der Waals surface area contributed by atoms with Crippen LogP contribution in [0.3, 0.4) is 0 Å². The normalized spacial score (nSPS) is 10.3. The van der Waals surface area contributed by atoms with Gasteiger partial charge >= 0.3 is 0 Å². The highest BCUT2D eigenvalue weighted by molar-refractivity contribution is 9.10. The van der Waals surface area contributed by atoms with Crippen molar-refractivity contribution in [2.45, 2.75) is 6.92 Å². The number of aromatic nitrogens is 2. The van der Waals surface area contributed by atoms with Gasteiger partial charge in [0, 0.05) is 4.47 Å². The van der Waals surface area contributed by atoms with Crippen molar-refractivity contribution in [2.24, 2.45) is 0 Å². The van der Waals surface area contributed by atoms with Crippen molar-refractivity contribution in [1.82, 2.24) is 9.78 Å². The van der Waals surface area contributed by atoms with Crippen molar-refractivity contribution < 1.29 is 4.79 Å². The lowest BCUT2D eigenvalue weighted by Gasteiger charge is -2.05. The van der Waals surface area contributed by atoms with E-state index < -0.39 is 0 Å². The monoisotopic (exact) mass is 264 g/mol. The molecule has 3 nitrogen and oxygen atoms in total. The summed E-state index contributed by atoms with van der Waals surface area (Å²) in [5.74, 6) is 0. The van der Waals surface area contributed by atoms with Crippen molar-refractivity contribution in [3.63, 3.8) is 0 Å². The zero-order chi connectivity index (χ0) is 10.8. The SMILES string of the molecule is Cc1cc(C=O)n(-c2ccccc2Br)n1. The van der Waals surface area contributed by atoms with Gasteiger partial charge < -0.3 is 0 Å². The van der Waals surface area contributed by atoms with E-state index in [2.05, 4.69) is 21.0 Å². The van der Waals surface area contributed by atoms with Crippen molar-refractivity contribution in [3.05, 3.63) is 46.2 Å². The van der Waals surface area contributed by atoms with Gasteiger partial charge in [-0.1, -0.05) is 12.1 Å². The van der Waals surface area contributed by atoms with E-state index in [1.807, 2.05) is 31.2 Å². The predicted molar refractivity (Wildman–Crippen MR) is 61.4 cm³/mol. The molecule has 1 aromatic carbocycles. The topological polar surface area (TPSA) is 34.9 Å². The summed E-state index contributed by atoms with van der Waals surface area (Å²) in [5, 5.41) is 4.27. The molecular weight excluding hydrogens is 256 g/mol. The summed E-state index contributed by atoms with van der Waals surface area (Å²) in [6, 6.07) is 9.41. The van der Waals surface area contributed by atoms with Crippen LogP contribution >= 0.6 is 15.9 Å². The fraction of sp³-hybridized carbons (Fsp3) is 0.0909. The second-order valence-corrected chi connectivity index (χ2v) is 4.05. The largest absolute Gasteiger partial charge is 0.296 e. The number of aryl methyl sites for hydroxylation is 1. The lowest BCUT2D eigenvalue weighted by Crippen LogP contribution is -2.01. The molecule has 0 fully saturated rings. The molecule has 1 heterocycles. The number of carbonyl (C=O) groups excluding carboxylic acids is 1. The van der Waals surface area contributed by atoms with Crippen molar-refractivity contribution >= 4 is 22.2 Å². The van der Waals surface area contributed by atoms with E-state index in [1.165, 1.54) is 0 Å². The maximum absolute atomic E-state index is 10.8. The molecule has 0 saturated heterocycles. The molecule has 15 heavy (non-hydrogen) atoms. The van der Waals surface area contributed by atoms with E-state index in [-0.39, 0.29) is 0 Å². The average Bonchev–Trinajstić information content (AvgIpc) is 2.60. The fourth-order valence-corrected chi connectivity index (χ4v) is 1.87. The van der Waals surface area contributed by atoms with Gasteiger partial charge in [0.15, 0.2) is 6.29 Å². The van der Waals surface area contributed by atoms with Crippen molar-refractivity contribution in [2.75, 3.05) is 0 Å². The Morgan fingerprint density at radius 2 is 2.13 bits per heavy atom. The number of hydrogen-bond donors (Lipinski definition) is 0. The van der Waals surface area contributed by atoms with E-state index in [0.717, 1.165) is 22.1 Å². The Morgan fingerprint density at radius 1 is 1.40 bits per heavy atom. The second kappa shape index (κ2) is 3.98. The zero-order valence-corrected chi connectivity index (χ0v) is 9.73. The van der Waals surface area contributed by atoms with Gasteiger partial charge in [-0.25, -0.2) is 4.68 Å². The maximum Gasteiger partial charge on any atom is 0.168 e. The summed E-state index contributed by atoms with van der Waals surface area (Å²) in [6.07, 6.45) is 0.805. The Morgan fingerprint density at radius 3 is 2.80 bits per heavy atom. The molecule has 0 radical (unpaired) electrons. The minimum atomic E-state index is 0.555. The van der Waals surface area contributed by atoms with Crippen LogP contribution in [0.25, 0.3) is 5.69 Å². The van der Waals surface area contributed by atoms with Crippen LogP contribution in [0.15, 0.2) is 34.8 Å². The summed E-state index contributed by atoms with van der Waals surface area (Å²) in [4.78, 5) is 10.8. The number of nitrogens with zero attached hydrogens (tertiary/aromatic N) is 2. The Kier molecular flexibility index (Phi) is 2.68. The standard InChI is InChI=1S/C11H9BrN2O/c1-8-6-9(7-15)14(13-8)11-5-3-2-4-10(11)12/h2-7H,1H3. The van der Waals surface area contributed by atoms with Crippen LogP contribution in [0.1, 0.15) is 16.2 Å². The van der Waals surface area contributed by atoms with Crippen LogP contribution in [-0.2, 0) is 0 Å². The third kappa shape index (κ3) is 1.85. The van der Waals surface area contributed by atoms with Gasteiger partial charge in [0.05, 0.1) is 11.4 Å². The molecule has 76 valence electrons. The first-order chi connectivity index (χ1) is 7.22. The molecule has 0 bridgehead atoms. The Bertz CT molecular complexity index is 505. The van der Waals surface area contributed by atoms with Gasteiger partial charge in [0.2, 0.25) is 0 Å². The first-order valence-electron chi connectivity index (χ1n) is 4.49. The van der Waals surface area contributed by atoms with Crippen molar-refractivity contribution in [3.8, 4) is 5.69 Å². The maximum atomic E-state index is 10.8. The Hall–Kier alpha value is -1.42. The summed E-state index contributed by atoms with van der Waals surface area (Å²) in [5.41, 5.74) is 2.25. The highest BCUT2D eigenvalue weighted by Crippen LogP contribution is 2.21. The molecular formula is C11H9BrN2O. The number of benzene rings is 1. The van der Waals surface area contributed by atoms with Gasteiger partial charge in [0.1, 0.15) is 5.69 Å². The van der Waals surface area contributed by atoms with Crippen LogP contribution in [0, 0.1) is 6.92 Å². The second-order valence-electron chi connectivity index (χ2n) is 3.19. The van der Waals surface area contributed by atoms with Gasteiger partial charge in [-0.3, -0.25) is 4.79 Å². The smallest absolute Gasteiger partial charge is 0.168 e. The first-order valence-corrected chi connectivity index (χ1v) is 5.28. The Labute approximate surface area is 95.9 Å².